The molecule has 116 valence electrons. The topological polar surface area (TPSA) is 45.2 Å². The van der Waals surface area contributed by atoms with Crippen molar-refractivity contribution in [1.29, 1.82) is 0 Å². The van der Waals surface area contributed by atoms with Crippen LogP contribution in [0.4, 0.5) is 5.82 Å². The highest BCUT2D eigenvalue weighted by Gasteiger charge is 2.30. The van der Waals surface area contributed by atoms with Gasteiger partial charge >= 0.3 is 0 Å². The third kappa shape index (κ3) is 4.19. The van der Waals surface area contributed by atoms with E-state index < -0.39 is 0 Å². The van der Waals surface area contributed by atoms with Crippen LogP contribution in [0.25, 0.3) is 0 Å². The van der Waals surface area contributed by atoms with Crippen LogP contribution in [-0.4, -0.2) is 35.4 Å². The average molecular weight is 354 g/mol. The zero-order valence-corrected chi connectivity index (χ0v) is 14.7. The van der Waals surface area contributed by atoms with E-state index in [2.05, 4.69) is 47.0 Å². The van der Waals surface area contributed by atoms with Crippen molar-refractivity contribution in [2.45, 2.75) is 40.0 Å². The zero-order valence-electron chi connectivity index (χ0n) is 13.1. The van der Waals surface area contributed by atoms with Gasteiger partial charge in [-0.2, -0.15) is 0 Å². The lowest BCUT2D eigenvalue weighted by molar-refractivity contribution is 0.0584. The molecule has 1 N–H and O–H groups in total. The van der Waals surface area contributed by atoms with Gasteiger partial charge < -0.3 is 10.2 Å². The summed E-state index contributed by atoms with van der Waals surface area (Å²) < 4.78 is 0.837. The standard InChI is InChI=1S/C16H24BrN3O/c1-4-7-18-14-13(9-12(17)10-19-14)15(21)20-8-5-6-16(2,3)11-20/h9-10H,4-8,11H2,1-3H3,(H,18,19). The number of pyridine rings is 1. The minimum atomic E-state index is 0.0789. The average Bonchev–Trinajstić information content (AvgIpc) is 2.44. The van der Waals surface area contributed by atoms with Gasteiger partial charge in [0.2, 0.25) is 0 Å². The third-order valence-corrected chi connectivity index (χ3v) is 4.25. The molecule has 1 aliphatic rings. The van der Waals surface area contributed by atoms with E-state index in [0.717, 1.165) is 36.9 Å². The molecule has 0 radical (unpaired) electrons. The van der Waals surface area contributed by atoms with Gasteiger partial charge in [-0.3, -0.25) is 4.79 Å². The Morgan fingerprint density at radius 2 is 2.29 bits per heavy atom. The lowest BCUT2D eigenvalue weighted by Gasteiger charge is -2.38. The molecule has 1 amide bonds. The van der Waals surface area contributed by atoms with E-state index in [-0.39, 0.29) is 11.3 Å². The summed E-state index contributed by atoms with van der Waals surface area (Å²) in [5, 5.41) is 3.25. The molecule has 0 bridgehead atoms. The molecular weight excluding hydrogens is 330 g/mol. The summed E-state index contributed by atoms with van der Waals surface area (Å²) in [4.78, 5) is 19.2. The summed E-state index contributed by atoms with van der Waals surface area (Å²) >= 11 is 3.42. The number of nitrogens with zero attached hydrogens (tertiary/aromatic N) is 2. The molecule has 1 aliphatic heterocycles. The van der Waals surface area contributed by atoms with E-state index in [4.69, 9.17) is 0 Å². The van der Waals surface area contributed by atoms with Gasteiger partial charge in [-0.15, -0.1) is 0 Å². The van der Waals surface area contributed by atoms with Crippen LogP contribution in [0.15, 0.2) is 16.7 Å². The number of halogens is 1. The zero-order chi connectivity index (χ0) is 15.5. The van der Waals surface area contributed by atoms with Gasteiger partial charge in [0.15, 0.2) is 0 Å². The number of anilines is 1. The summed E-state index contributed by atoms with van der Waals surface area (Å²) in [6, 6.07) is 1.87. The number of likely N-dealkylation sites (tertiary alicyclic amines) is 1. The van der Waals surface area contributed by atoms with Crippen LogP contribution in [0.2, 0.25) is 0 Å². The predicted octanol–water partition coefficient (Wildman–Crippen LogP) is 3.93. The third-order valence-electron chi connectivity index (χ3n) is 3.81. The number of carbonyl (C=O) groups is 1. The van der Waals surface area contributed by atoms with Gasteiger partial charge in [-0.1, -0.05) is 20.8 Å². The molecule has 0 aliphatic carbocycles. The molecule has 21 heavy (non-hydrogen) atoms. The van der Waals surface area contributed by atoms with Gasteiger partial charge in [-0.25, -0.2) is 4.98 Å². The molecule has 1 saturated heterocycles. The maximum atomic E-state index is 12.8. The maximum Gasteiger partial charge on any atom is 0.257 e. The Labute approximate surface area is 135 Å². The molecule has 1 fully saturated rings. The van der Waals surface area contributed by atoms with Crippen molar-refractivity contribution in [2.75, 3.05) is 25.0 Å². The van der Waals surface area contributed by atoms with Crippen LogP contribution < -0.4 is 5.32 Å². The van der Waals surface area contributed by atoms with Crippen LogP contribution in [0.5, 0.6) is 0 Å². The molecule has 1 aromatic rings. The van der Waals surface area contributed by atoms with Gasteiger partial charge in [0.25, 0.3) is 5.91 Å². The first-order valence-corrected chi connectivity index (χ1v) is 8.41. The van der Waals surface area contributed by atoms with E-state index in [1.165, 1.54) is 6.42 Å². The fourth-order valence-electron chi connectivity index (χ4n) is 2.75. The highest BCUT2D eigenvalue weighted by molar-refractivity contribution is 9.10. The van der Waals surface area contributed by atoms with Crippen LogP contribution in [-0.2, 0) is 0 Å². The molecule has 0 saturated carbocycles. The summed E-state index contributed by atoms with van der Waals surface area (Å²) in [6.07, 6.45) is 4.98. The second kappa shape index (κ2) is 6.77. The maximum absolute atomic E-state index is 12.8. The van der Waals surface area contributed by atoms with Crippen molar-refractivity contribution in [1.82, 2.24) is 9.88 Å². The Hall–Kier alpha value is -1.10. The highest BCUT2D eigenvalue weighted by atomic mass is 79.9. The van der Waals surface area contributed by atoms with Crippen LogP contribution in [0.3, 0.4) is 0 Å². The Bertz CT molecular complexity index is 516. The molecule has 0 aromatic carbocycles. The molecule has 0 spiro atoms. The predicted molar refractivity (Wildman–Crippen MR) is 89.6 cm³/mol. The number of aromatic nitrogens is 1. The quantitative estimate of drug-likeness (QED) is 0.891. The van der Waals surface area contributed by atoms with Crippen molar-refractivity contribution >= 4 is 27.7 Å². The number of piperidine rings is 1. The molecule has 0 atom stereocenters. The molecule has 2 heterocycles. The van der Waals surface area contributed by atoms with E-state index in [1.54, 1.807) is 6.20 Å². The fourth-order valence-corrected chi connectivity index (χ4v) is 3.08. The van der Waals surface area contributed by atoms with Gasteiger partial charge in [0, 0.05) is 30.3 Å². The monoisotopic (exact) mass is 353 g/mol. The number of rotatable bonds is 4. The molecule has 2 rings (SSSR count). The smallest absolute Gasteiger partial charge is 0.257 e. The Morgan fingerprint density at radius 1 is 1.52 bits per heavy atom. The molecule has 4 nitrogen and oxygen atoms in total. The summed E-state index contributed by atoms with van der Waals surface area (Å²) in [7, 11) is 0. The lowest BCUT2D eigenvalue weighted by Crippen LogP contribution is -2.43. The van der Waals surface area contributed by atoms with Crippen molar-refractivity contribution in [3.8, 4) is 0 Å². The first kappa shape index (κ1) is 16.3. The minimum absolute atomic E-state index is 0.0789. The van der Waals surface area contributed by atoms with Gasteiger partial charge in [0.05, 0.1) is 5.56 Å². The number of nitrogens with one attached hydrogen (secondary N) is 1. The first-order valence-electron chi connectivity index (χ1n) is 7.61. The molecule has 5 heteroatoms. The van der Waals surface area contributed by atoms with Crippen LogP contribution >= 0.6 is 15.9 Å². The second-order valence-corrected chi connectivity index (χ2v) is 7.39. The molecule has 0 unspecified atom stereocenters. The SMILES string of the molecule is CCCNc1ncc(Br)cc1C(=O)N1CCCC(C)(C)C1. The summed E-state index contributed by atoms with van der Waals surface area (Å²) in [5.74, 6) is 0.767. The number of hydrogen-bond acceptors (Lipinski definition) is 3. The number of amides is 1. The first-order chi connectivity index (χ1) is 9.93. The van der Waals surface area contributed by atoms with Crippen LogP contribution in [0.1, 0.15) is 50.4 Å². The van der Waals surface area contributed by atoms with Crippen molar-refractivity contribution in [3.63, 3.8) is 0 Å². The van der Waals surface area contributed by atoms with Crippen LogP contribution in [0, 0.1) is 5.41 Å². The normalized spacial score (nSPS) is 17.6. The van der Waals surface area contributed by atoms with Gasteiger partial charge in [-0.05, 0) is 46.7 Å². The Balaban J connectivity index is 2.23. The Morgan fingerprint density at radius 3 is 2.95 bits per heavy atom. The van der Waals surface area contributed by atoms with E-state index >= 15 is 0 Å². The largest absolute Gasteiger partial charge is 0.369 e. The lowest BCUT2D eigenvalue weighted by atomic mass is 9.84. The number of carbonyl (C=O) groups excluding carboxylic acids is 1. The van der Waals surface area contributed by atoms with E-state index in [9.17, 15) is 4.79 Å². The fraction of sp³-hybridized carbons (Fsp3) is 0.625. The van der Waals surface area contributed by atoms with Crippen molar-refractivity contribution in [2.24, 2.45) is 5.41 Å². The summed E-state index contributed by atoms with van der Waals surface area (Å²) in [5.41, 5.74) is 0.861. The van der Waals surface area contributed by atoms with Crippen molar-refractivity contribution < 1.29 is 4.79 Å². The molecule has 1 aromatic heterocycles. The van der Waals surface area contributed by atoms with E-state index in [0.29, 0.717) is 11.4 Å². The Kier molecular flexibility index (Phi) is 5.25. The second-order valence-electron chi connectivity index (χ2n) is 6.47. The van der Waals surface area contributed by atoms with E-state index in [1.807, 2.05) is 11.0 Å². The minimum Gasteiger partial charge on any atom is -0.369 e. The highest BCUT2D eigenvalue weighted by Crippen LogP contribution is 2.30. The van der Waals surface area contributed by atoms with Crippen molar-refractivity contribution in [3.05, 3.63) is 22.3 Å². The summed E-state index contributed by atoms with van der Waals surface area (Å²) in [6.45, 7) is 9.01. The number of hydrogen-bond donors (Lipinski definition) is 1. The molecular formula is C16H24BrN3O. The van der Waals surface area contributed by atoms with Gasteiger partial charge in [0.1, 0.15) is 5.82 Å².